The molecule has 0 heterocycles. The van der Waals surface area contributed by atoms with Crippen molar-refractivity contribution in [2.45, 2.75) is 32.4 Å². The first-order chi connectivity index (χ1) is 7.04. The maximum Gasteiger partial charge on any atom is 0.123 e. The highest BCUT2D eigenvalue weighted by molar-refractivity contribution is 5.29. The lowest BCUT2D eigenvalue weighted by atomic mass is 9.97. The third-order valence-electron chi connectivity index (χ3n) is 2.62. The standard InChI is InChI=1S/C12H18FNO/c1-8-6-10(13)4-5-11(8)12(14)7-9(2)15-3/h4-6,9,12H,7,14H2,1-3H3. The molecule has 1 aromatic rings. The van der Waals surface area contributed by atoms with Gasteiger partial charge in [-0.05, 0) is 43.5 Å². The van der Waals surface area contributed by atoms with Crippen LogP contribution in [0.15, 0.2) is 18.2 Å². The Balaban J connectivity index is 2.77. The molecule has 0 saturated carbocycles. The molecular formula is C12H18FNO. The Labute approximate surface area is 90.2 Å². The van der Waals surface area contributed by atoms with Crippen LogP contribution in [0.2, 0.25) is 0 Å². The number of halogens is 1. The van der Waals surface area contributed by atoms with Gasteiger partial charge in [-0.1, -0.05) is 6.07 Å². The predicted molar refractivity (Wildman–Crippen MR) is 59.2 cm³/mol. The van der Waals surface area contributed by atoms with E-state index in [1.165, 1.54) is 12.1 Å². The van der Waals surface area contributed by atoms with E-state index >= 15 is 0 Å². The Morgan fingerprint density at radius 3 is 2.67 bits per heavy atom. The number of nitrogens with two attached hydrogens (primary N) is 1. The third-order valence-corrected chi connectivity index (χ3v) is 2.62. The number of rotatable bonds is 4. The van der Waals surface area contributed by atoms with Gasteiger partial charge in [0, 0.05) is 13.2 Å². The van der Waals surface area contributed by atoms with E-state index in [-0.39, 0.29) is 18.0 Å². The smallest absolute Gasteiger partial charge is 0.123 e. The molecule has 3 heteroatoms. The summed E-state index contributed by atoms with van der Waals surface area (Å²) in [5, 5.41) is 0. The van der Waals surface area contributed by atoms with Crippen molar-refractivity contribution in [3.63, 3.8) is 0 Å². The lowest BCUT2D eigenvalue weighted by Gasteiger charge is -2.18. The predicted octanol–water partition coefficient (Wildman–Crippen LogP) is 2.56. The van der Waals surface area contributed by atoms with Crippen LogP contribution < -0.4 is 5.73 Å². The molecule has 0 aromatic heterocycles. The van der Waals surface area contributed by atoms with Crippen LogP contribution in [0.25, 0.3) is 0 Å². The number of ether oxygens (including phenoxy) is 1. The number of hydrogen-bond donors (Lipinski definition) is 1. The lowest BCUT2D eigenvalue weighted by molar-refractivity contribution is 0.104. The minimum atomic E-state index is -0.219. The van der Waals surface area contributed by atoms with E-state index in [0.29, 0.717) is 0 Å². The zero-order valence-electron chi connectivity index (χ0n) is 9.46. The van der Waals surface area contributed by atoms with E-state index in [4.69, 9.17) is 10.5 Å². The number of aryl methyl sites for hydroxylation is 1. The van der Waals surface area contributed by atoms with Gasteiger partial charge in [0.25, 0.3) is 0 Å². The summed E-state index contributed by atoms with van der Waals surface area (Å²) >= 11 is 0. The molecule has 2 N–H and O–H groups in total. The van der Waals surface area contributed by atoms with E-state index in [2.05, 4.69) is 0 Å². The van der Waals surface area contributed by atoms with Crippen LogP contribution in [-0.2, 0) is 4.74 Å². The zero-order valence-corrected chi connectivity index (χ0v) is 9.46. The summed E-state index contributed by atoms with van der Waals surface area (Å²) in [6.45, 7) is 3.84. The van der Waals surface area contributed by atoms with Crippen molar-refractivity contribution in [1.29, 1.82) is 0 Å². The fourth-order valence-corrected chi connectivity index (χ4v) is 1.64. The zero-order chi connectivity index (χ0) is 11.4. The van der Waals surface area contributed by atoms with Crippen LogP contribution in [0.3, 0.4) is 0 Å². The van der Waals surface area contributed by atoms with Gasteiger partial charge in [-0.2, -0.15) is 0 Å². The highest BCUT2D eigenvalue weighted by Crippen LogP contribution is 2.21. The monoisotopic (exact) mass is 211 g/mol. The lowest BCUT2D eigenvalue weighted by Crippen LogP contribution is -2.19. The van der Waals surface area contributed by atoms with Crippen molar-refractivity contribution in [3.05, 3.63) is 35.1 Å². The molecule has 1 rings (SSSR count). The first kappa shape index (κ1) is 12.1. The molecule has 0 aliphatic heterocycles. The van der Waals surface area contributed by atoms with E-state index in [0.717, 1.165) is 17.5 Å². The summed E-state index contributed by atoms with van der Waals surface area (Å²) in [6.07, 6.45) is 0.854. The van der Waals surface area contributed by atoms with Crippen LogP contribution in [0.4, 0.5) is 4.39 Å². The van der Waals surface area contributed by atoms with Gasteiger partial charge in [0.05, 0.1) is 6.10 Å². The van der Waals surface area contributed by atoms with E-state index < -0.39 is 0 Å². The maximum absolute atomic E-state index is 12.9. The van der Waals surface area contributed by atoms with Gasteiger partial charge in [0.2, 0.25) is 0 Å². The molecular weight excluding hydrogens is 193 g/mol. The highest BCUT2D eigenvalue weighted by Gasteiger charge is 2.12. The molecule has 0 fully saturated rings. The molecule has 2 nitrogen and oxygen atoms in total. The van der Waals surface area contributed by atoms with Gasteiger partial charge >= 0.3 is 0 Å². The van der Waals surface area contributed by atoms with Crippen molar-refractivity contribution < 1.29 is 9.13 Å². The van der Waals surface area contributed by atoms with Crippen LogP contribution >= 0.6 is 0 Å². The number of methoxy groups -OCH3 is 1. The molecule has 0 aliphatic carbocycles. The van der Waals surface area contributed by atoms with Gasteiger partial charge in [0.1, 0.15) is 5.82 Å². The molecule has 0 amide bonds. The number of benzene rings is 1. The third kappa shape index (κ3) is 3.29. The van der Waals surface area contributed by atoms with Gasteiger partial charge in [-0.25, -0.2) is 4.39 Å². The highest BCUT2D eigenvalue weighted by atomic mass is 19.1. The molecule has 2 unspecified atom stereocenters. The average molecular weight is 211 g/mol. The fraction of sp³-hybridized carbons (Fsp3) is 0.500. The van der Waals surface area contributed by atoms with Gasteiger partial charge in [-0.3, -0.25) is 0 Å². The molecule has 0 bridgehead atoms. The van der Waals surface area contributed by atoms with Crippen molar-refractivity contribution in [2.24, 2.45) is 5.73 Å². The molecule has 0 radical (unpaired) electrons. The molecule has 1 aromatic carbocycles. The molecule has 0 aliphatic rings. The number of hydrogen-bond acceptors (Lipinski definition) is 2. The summed E-state index contributed by atoms with van der Waals surface area (Å²) in [4.78, 5) is 0. The minimum absolute atomic E-state index is 0.0967. The Morgan fingerprint density at radius 2 is 2.13 bits per heavy atom. The minimum Gasteiger partial charge on any atom is -0.382 e. The quantitative estimate of drug-likeness (QED) is 0.830. The molecule has 0 spiro atoms. The van der Waals surface area contributed by atoms with Gasteiger partial charge in [0.15, 0.2) is 0 Å². The summed E-state index contributed by atoms with van der Waals surface area (Å²) in [5.41, 5.74) is 7.90. The van der Waals surface area contributed by atoms with E-state index in [9.17, 15) is 4.39 Å². The fourth-order valence-electron chi connectivity index (χ4n) is 1.64. The van der Waals surface area contributed by atoms with Crippen molar-refractivity contribution in [3.8, 4) is 0 Å². The second-order valence-electron chi connectivity index (χ2n) is 3.89. The molecule has 84 valence electrons. The SMILES string of the molecule is COC(C)CC(N)c1ccc(F)cc1C. The summed E-state index contributed by atoms with van der Waals surface area (Å²) < 4.78 is 18.0. The molecule has 0 saturated heterocycles. The Kier molecular flexibility index (Phi) is 4.24. The maximum atomic E-state index is 12.9. The second kappa shape index (κ2) is 5.24. The van der Waals surface area contributed by atoms with Crippen molar-refractivity contribution in [2.75, 3.05) is 7.11 Å². The largest absolute Gasteiger partial charge is 0.382 e. The van der Waals surface area contributed by atoms with Crippen molar-refractivity contribution >= 4 is 0 Å². The second-order valence-corrected chi connectivity index (χ2v) is 3.89. The average Bonchev–Trinajstić information content (AvgIpc) is 2.17. The molecule has 2 atom stereocenters. The normalized spacial score (nSPS) is 15.0. The summed E-state index contributed by atoms with van der Waals surface area (Å²) in [6, 6.07) is 4.60. The van der Waals surface area contributed by atoms with Gasteiger partial charge < -0.3 is 10.5 Å². The summed E-state index contributed by atoms with van der Waals surface area (Å²) in [5.74, 6) is -0.219. The van der Waals surface area contributed by atoms with Crippen LogP contribution in [0.5, 0.6) is 0 Å². The van der Waals surface area contributed by atoms with Crippen molar-refractivity contribution in [1.82, 2.24) is 0 Å². The topological polar surface area (TPSA) is 35.2 Å². The van der Waals surface area contributed by atoms with E-state index in [1.54, 1.807) is 13.2 Å². The Morgan fingerprint density at radius 1 is 1.47 bits per heavy atom. The Hall–Kier alpha value is -0.930. The van der Waals surface area contributed by atoms with Crippen LogP contribution in [0, 0.1) is 12.7 Å². The van der Waals surface area contributed by atoms with E-state index in [1.807, 2.05) is 13.8 Å². The first-order valence-corrected chi connectivity index (χ1v) is 5.09. The Bertz CT molecular complexity index is 327. The van der Waals surface area contributed by atoms with Crippen LogP contribution in [0.1, 0.15) is 30.5 Å². The van der Waals surface area contributed by atoms with Gasteiger partial charge in [-0.15, -0.1) is 0 Å². The first-order valence-electron chi connectivity index (χ1n) is 5.09. The van der Waals surface area contributed by atoms with Crippen LogP contribution in [-0.4, -0.2) is 13.2 Å². The summed E-state index contributed by atoms with van der Waals surface area (Å²) in [7, 11) is 1.66. The molecule has 15 heavy (non-hydrogen) atoms.